The Labute approximate surface area is 288 Å². The van der Waals surface area contributed by atoms with Crippen LogP contribution < -0.4 is 0 Å². The van der Waals surface area contributed by atoms with Crippen LogP contribution in [0.25, 0.3) is 92.5 Å². The summed E-state index contributed by atoms with van der Waals surface area (Å²) in [6.07, 6.45) is 0. The normalized spacial score (nSPS) is 11.9. The number of halogens is 1. The van der Waals surface area contributed by atoms with Gasteiger partial charge in [0, 0.05) is 46.7 Å². The van der Waals surface area contributed by atoms with Crippen LogP contribution in [0, 0.1) is 0 Å². The number of aromatic nitrogens is 2. The third kappa shape index (κ3) is 4.28. The average Bonchev–Trinajstić information content (AvgIpc) is 3.84. The lowest BCUT2D eigenvalue weighted by molar-refractivity contribution is 0.620. The van der Waals surface area contributed by atoms with Crippen LogP contribution in [0.1, 0.15) is 0 Å². The van der Waals surface area contributed by atoms with Crippen molar-refractivity contribution in [3.63, 3.8) is 0 Å². The van der Waals surface area contributed by atoms with Crippen molar-refractivity contribution in [3.8, 4) is 39.4 Å². The summed E-state index contributed by atoms with van der Waals surface area (Å²) < 4.78 is 12.4. The Hall–Kier alpha value is -5.49. The Morgan fingerprint density at radius 1 is 0.542 bits per heavy atom. The summed E-state index contributed by atoms with van der Waals surface area (Å²) in [5.41, 5.74) is 10.7. The van der Waals surface area contributed by atoms with E-state index in [-0.39, 0.29) is 0 Å². The minimum Gasteiger partial charge on any atom is -0.436 e. The number of oxazole rings is 1. The van der Waals surface area contributed by atoms with Crippen LogP contribution in [0.4, 0.5) is 0 Å². The maximum absolute atomic E-state index is 6.32. The van der Waals surface area contributed by atoms with E-state index in [9.17, 15) is 0 Å². The quantitative estimate of drug-likeness (QED) is 0.183. The third-order valence-corrected chi connectivity index (χ3v) is 11.1. The molecule has 0 aliphatic carbocycles. The van der Waals surface area contributed by atoms with Gasteiger partial charge in [-0.2, -0.15) is 0 Å². The van der Waals surface area contributed by atoms with Crippen molar-refractivity contribution >= 4 is 80.3 Å². The van der Waals surface area contributed by atoms with Gasteiger partial charge in [0.2, 0.25) is 5.89 Å². The van der Waals surface area contributed by atoms with Gasteiger partial charge < -0.3 is 8.98 Å². The lowest BCUT2D eigenvalue weighted by Gasteiger charge is -2.14. The van der Waals surface area contributed by atoms with Crippen LogP contribution in [-0.2, 0) is 0 Å². The standard InChI is InChI=1S/C43H25BrN2OS/c44-34-14-9-19-40-42(34)33-25-27(20-21-39(33)48-40)29-22-28(26-10-2-1-3-11-26)23-30(24-29)46-36-16-6-4-12-31(36)41-32(13-8-17-37(41)46)43-45-35-15-5-7-18-38(35)47-43/h1-25H. The van der Waals surface area contributed by atoms with Gasteiger partial charge in [-0.25, -0.2) is 4.98 Å². The van der Waals surface area contributed by atoms with Crippen molar-refractivity contribution in [1.29, 1.82) is 0 Å². The van der Waals surface area contributed by atoms with Gasteiger partial charge in [-0.15, -0.1) is 11.3 Å². The Morgan fingerprint density at radius 3 is 2.21 bits per heavy atom. The Bertz CT molecular complexity index is 2830. The molecule has 0 saturated carbocycles. The zero-order valence-corrected chi connectivity index (χ0v) is 27.9. The molecule has 3 aromatic heterocycles. The summed E-state index contributed by atoms with van der Waals surface area (Å²) in [6, 6.07) is 54.0. The second-order valence-corrected chi connectivity index (χ2v) is 14.0. The van der Waals surface area contributed by atoms with Gasteiger partial charge in [-0.05, 0) is 95.1 Å². The highest BCUT2D eigenvalue weighted by molar-refractivity contribution is 9.10. The molecule has 0 fully saturated rings. The number of benzene rings is 7. The van der Waals surface area contributed by atoms with Gasteiger partial charge in [0.05, 0.1) is 11.0 Å². The van der Waals surface area contributed by atoms with Gasteiger partial charge in [0.1, 0.15) is 5.52 Å². The maximum Gasteiger partial charge on any atom is 0.228 e. The molecule has 226 valence electrons. The number of rotatable bonds is 4. The summed E-state index contributed by atoms with van der Waals surface area (Å²) in [5, 5.41) is 4.83. The predicted molar refractivity (Wildman–Crippen MR) is 205 cm³/mol. The first kappa shape index (κ1) is 27.6. The van der Waals surface area contributed by atoms with Crippen LogP contribution in [0.5, 0.6) is 0 Å². The van der Waals surface area contributed by atoms with Crippen molar-refractivity contribution in [3.05, 3.63) is 156 Å². The Balaban J connectivity index is 1.25. The fourth-order valence-electron chi connectivity index (χ4n) is 7.13. The van der Waals surface area contributed by atoms with Crippen molar-refractivity contribution in [1.82, 2.24) is 9.55 Å². The highest BCUT2D eigenvalue weighted by Crippen LogP contribution is 2.43. The molecule has 0 bridgehead atoms. The van der Waals surface area contributed by atoms with E-state index < -0.39 is 0 Å². The predicted octanol–water partition coefficient (Wildman–Crippen LogP) is 13.1. The summed E-state index contributed by atoms with van der Waals surface area (Å²) in [6.45, 7) is 0. The van der Waals surface area contributed by atoms with Crippen molar-refractivity contribution in [2.24, 2.45) is 0 Å². The van der Waals surface area contributed by atoms with Crippen LogP contribution in [0.3, 0.4) is 0 Å². The van der Waals surface area contributed by atoms with E-state index in [2.05, 4.69) is 148 Å². The van der Waals surface area contributed by atoms with Crippen molar-refractivity contribution in [2.45, 2.75) is 0 Å². The number of fused-ring (bicyclic) bond motifs is 7. The zero-order valence-electron chi connectivity index (χ0n) is 25.5. The molecule has 7 aromatic carbocycles. The summed E-state index contributed by atoms with van der Waals surface area (Å²) in [4.78, 5) is 4.90. The molecule has 0 atom stereocenters. The molecule has 0 unspecified atom stereocenters. The van der Waals surface area contributed by atoms with Crippen molar-refractivity contribution in [2.75, 3.05) is 0 Å². The topological polar surface area (TPSA) is 31.0 Å². The number of hydrogen-bond donors (Lipinski definition) is 0. The molecule has 0 N–H and O–H groups in total. The van der Waals surface area contributed by atoms with E-state index in [1.807, 2.05) is 35.6 Å². The third-order valence-electron chi connectivity index (χ3n) is 9.28. The first-order valence-corrected chi connectivity index (χ1v) is 17.5. The molecule has 0 aliphatic rings. The molecule has 10 aromatic rings. The molecule has 3 nitrogen and oxygen atoms in total. The first-order chi connectivity index (χ1) is 23.7. The smallest absolute Gasteiger partial charge is 0.228 e. The molecule has 3 heterocycles. The highest BCUT2D eigenvalue weighted by atomic mass is 79.9. The van der Waals surface area contributed by atoms with E-state index in [1.54, 1.807) is 0 Å². The second kappa shape index (κ2) is 10.8. The van der Waals surface area contributed by atoms with Crippen LogP contribution in [0.2, 0.25) is 0 Å². The average molecular weight is 698 g/mol. The first-order valence-electron chi connectivity index (χ1n) is 15.9. The second-order valence-electron chi connectivity index (χ2n) is 12.1. The fourth-order valence-corrected chi connectivity index (χ4v) is 8.95. The molecule has 48 heavy (non-hydrogen) atoms. The largest absolute Gasteiger partial charge is 0.436 e. The SMILES string of the molecule is Brc1cccc2sc3ccc(-c4cc(-c5ccccc5)cc(-n5c6ccccc6c6c(-c7nc8ccccc8o7)cccc65)c4)cc3c12. The summed E-state index contributed by atoms with van der Waals surface area (Å²) >= 11 is 5.67. The maximum atomic E-state index is 6.32. The van der Waals surface area contributed by atoms with E-state index in [4.69, 9.17) is 9.40 Å². The molecule has 0 radical (unpaired) electrons. The molecular weight excluding hydrogens is 672 g/mol. The lowest BCUT2D eigenvalue weighted by atomic mass is 9.97. The van der Waals surface area contributed by atoms with Gasteiger partial charge in [-0.3, -0.25) is 0 Å². The van der Waals surface area contributed by atoms with E-state index in [0.29, 0.717) is 5.89 Å². The fraction of sp³-hybridized carbons (Fsp3) is 0. The molecule has 0 saturated heterocycles. The molecular formula is C43H25BrN2OS. The van der Waals surface area contributed by atoms with E-state index in [1.165, 1.54) is 42.4 Å². The van der Waals surface area contributed by atoms with E-state index in [0.717, 1.165) is 48.6 Å². The van der Waals surface area contributed by atoms with Crippen LogP contribution >= 0.6 is 27.3 Å². The van der Waals surface area contributed by atoms with Gasteiger partial charge in [0.15, 0.2) is 5.58 Å². The minimum atomic E-state index is 0.630. The van der Waals surface area contributed by atoms with Gasteiger partial charge in [0.25, 0.3) is 0 Å². The lowest BCUT2D eigenvalue weighted by Crippen LogP contribution is -1.96. The number of thiophene rings is 1. The van der Waals surface area contributed by atoms with Gasteiger partial charge in [-0.1, -0.05) is 94.8 Å². The molecule has 0 spiro atoms. The van der Waals surface area contributed by atoms with Gasteiger partial charge >= 0.3 is 0 Å². The molecule has 5 heteroatoms. The monoisotopic (exact) mass is 696 g/mol. The van der Waals surface area contributed by atoms with Crippen LogP contribution in [0.15, 0.2) is 161 Å². The number of hydrogen-bond acceptors (Lipinski definition) is 3. The minimum absolute atomic E-state index is 0.630. The van der Waals surface area contributed by atoms with E-state index >= 15 is 0 Å². The molecule has 0 aliphatic heterocycles. The Morgan fingerprint density at radius 2 is 1.31 bits per heavy atom. The molecule has 10 rings (SSSR count). The summed E-state index contributed by atoms with van der Waals surface area (Å²) in [5.74, 6) is 0.630. The number of nitrogens with zero attached hydrogens (tertiary/aromatic N) is 2. The Kier molecular flexibility index (Phi) is 6.20. The number of para-hydroxylation sites is 3. The zero-order chi connectivity index (χ0) is 31.8. The van der Waals surface area contributed by atoms with Crippen molar-refractivity contribution < 1.29 is 4.42 Å². The highest BCUT2D eigenvalue weighted by Gasteiger charge is 2.20. The summed E-state index contributed by atoms with van der Waals surface area (Å²) in [7, 11) is 0. The van der Waals surface area contributed by atoms with Crippen LogP contribution in [-0.4, -0.2) is 9.55 Å². The molecule has 0 amide bonds.